The van der Waals surface area contributed by atoms with Gasteiger partial charge in [-0.25, -0.2) is 0 Å². The molecule has 0 aliphatic rings. The molecule has 132 valence electrons. The van der Waals surface area contributed by atoms with Crippen LogP contribution >= 0.6 is 11.6 Å². The molecule has 1 heterocycles. The molecule has 0 fully saturated rings. The molecular formula is C20H25ClN4. The van der Waals surface area contributed by atoms with Gasteiger partial charge in [0.15, 0.2) is 0 Å². The highest BCUT2D eigenvalue weighted by molar-refractivity contribution is 6.36. The fraction of sp³-hybridized carbons (Fsp3) is 0.300. The average Bonchev–Trinajstić information content (AvgIpc) is 3.08. The Morgan fingerprint density at radius 1 is 1.44 bits per heavy atom. The zero-order chi connectivity index (χ0) is 18.6. The fourth-order valence-electron chi connectivity index (χ4n) is 3.07. The molecule has 0 radical (unpaired) electrons. The highest BCUT2D eigenvalue weighted by Gasteiger charge is 2.25. The summed E-state index contributed by atoms with van der Waals surface area (Å²) in [5.74, 6) is -0.0277. The van der Waals surface area contributed by atoms with E-state index in [1.165, 1.54) is 0 Å². The van der Waals surface area contributed by atoms with Crippen molar-refractivity contribution in [2.45, 2.75) is 26.8 Å². The zero-order valence-corrected chi connectivity index (χ0v) is 15.9. The summed E-state index contributed by atoms with van der Waals surface area (Å²) in [5.41, 5.74) is 11.4. The smallest absolute Gasteiger partial charge is 0.0665 e. The lowest BCUT2D eigenvalue weighted by atomic mass is 9.86. The number of rotatable bonds is 6. The molecule has 0 bridgehead atoms. The molecule has 25 heavy (non-hydrogen) atoms. The van der Waals surface area contributed by atoms with Crippen LogP contribution in [0.1, 0.15) is 32.4 Å². The number of nitrogens with one attached hydrogen (secondary N) is 1. The average molecular weight is 357 g/mol. The van der Waals surface area contributed by atoms with Crippen LogP contribution in [0.25, 0.3) is 10.9 Å². The van der Waals surface area contributed by atoms with E-state index in [0.717, 1.165) is 33.3 Å². The van der Waals surface area contributed by atoms with Crippen LogP contribution in [-0.4, -0.2) is 23.0 Å². The zero-order valence-electron chi connectivity index (χ0n) is 15.2. The van der Waals surface area contributed by atoms with Crippen molar-refractivity contribution >= 4 is 28.2 Å². The number of hydrogen-bond donors (Lipinski definition) is 2. The summed E-state index contributed by atoms with van der Waals surface area (Å²) in [6.07, 6.45) is 7.60. The first kappa shape index (κ1) is 19.2. The van der Waals surface area contributed by atoms with Crippen molar-refractivity contribution in [1.29, 1.82) is 0 Å². The molecule has 0 saturated heterocycles. The van der Waals surface area contributed by atoms with Crippen LogP contribution in [-0.2, 0) is 0 Å². The molecule has 1 aromatic carbocycles. The van der Waals surface area contributed by atoms with E-state index in [9.17, 15) is 0 Å². The third-order valence-corrected chi connectivity index (χ3v) is 4.90. The Morgan fingerprint density at radius 2 is 2.16 bits per heavy atom. The van der Waals surface area contributed by atoms with Crippen LogP contribution in [0.15, 0.2) is 59.3 Å². The van der Waals surface area contributed by atoms with E-state index in [2.05, 4.69) is 28.7 Å². The second kappa shape index (κ2) is 8.28. The van der Waals surface area contributed by atoms with Gasteiger partial charge in [-0.2, -0.15) is 5.10 Å². The molecule has 4 nitrogen and oxygen atoms in total. The Kier molecular flexibility index (Phi) is 6.34. The minimum absolute atomic E-state index is 0.0277. The second-order valence-electron chi connectivity index (χ2n) is 6.02. The number of allylic oxidation sites excluding steroid dienone is 5. The van der Waals surface area contributed by atoms with Gasteiger partial charge in [-0.05, 0) is 36.6 Å². The van der Waals surface area contributed by atoms with Gasteiger partial charge in [-0.15, -0.1) is 0 Å². The summed E-state index contributed by atoms with van der Waals surface area (Å²) >= 11 is 6.57. The van der Waals surface area contributed by atoms with E-state index in [4.69, 9.17) is 17.3 Å². The molecule has 2 unspecified atom stereocenters. The van der Waals surface area contributed by atoms with Gasteiger partial charge < -0.3 is 5.73 Å². The number of aromatic nitrogens is 2. The van der Waals surface area contributed by atoms with Crippen molar-refractivity contribution in [2.75, 3.05) is 7.05 Å². The van der Waals surface area contributed by atoms with E-state index in [-0.39, 0.29) is 12.0 Å². The van der Waals surface area contributed by atoms with Gasteiger partial charge in [0.1, 0.15) is 0 Å². The Labute approximate surface area is 154 Å². The number of nitrogens with two attached hydrogens (primary N) is 1. The largest absolute Gasteiger partial charge is 0.323 e. The number of halogens is 1. The summed E-state index contributed by atoms with van der Waals surface area (Å²) in [5, 5.41) is 8.47. The van der Waals surface area contributed by atoms with Gasteiger partial charge in [0, 0.05) is 30.1 Å². The quantitative estimate of drug-likeness (QED) is 0.564. The number of aromatic amines is 1. The van der Waals surface area contributed by atoms with Gasteiger partial charge in [-0.3, -0.25) is 10.1 Å². The summed E-state index contributed by atoms with van der Waals surface area (Å²) in [4.78, 5) is 4.50. The lowest BCUT2D eigenvalue weighted by Gasteiger charge is -2.24. The van der Waals surface area contributed by atoms with Crippen molar-refractivity contribution in [2.24, 2.45) is 16.6 Å². The number of benzene rings is 1. The number of fused-ring (bicyclic) bond motifs is 1. The van der Waals surface area contributed by atoms with E-state index >= 15 is 0 Å². The number of aliphatic imine (C=N–C) groups is 1. The Hall–Kier alpha value is -2.17. The van der Waals surface area contributed by atoms with Crippen molar-refractivity contribution < 1.29 is 0 Å². The van der Waals surface area contributed by atoms with Crippen LogP contribution < -0.4 is 5.73 Å². The SMILES string of the molecule is C=C/C(C(=NC)C(C)C(N)c1ccc2[nH]ncc2c1Cl)=C(C)\C=C/C. The van der Waals surface area contributed by atoms with Crippen molar-refractivity contribution in [1.82, 2.24) is 10.2 Å². The lowest BCUT2D eigenvalue weighted by Crippen LogP contribution is -2.27. The maximum atomic E-state index is 6.57. The van der Waals surface area contributed by atoms with Gasteiger partial charge in [0.2, 0.25) is 0 Å². The second-order valence-corrected chi connectivity index (χ2v) is 6.40. The first-order valence-electron chi connectivity index (χ1n) is 8.26. The van der Waals surface area contributed by atoms with E-state index in [0.29, 0.717) is 5.02 Å². The van der Waals surface area contributed by atoms with Crippen LogP contribution in [0.4, 0.5) is 0 Å². The van der Waals surface area contributed by atoms with Gasteiger partial charge in [0.25, 0.3) is 0 Å². The first-order chi connectivity index (χ1) is 12.0. The summed E-state index contributed by atoms with van der Waals surface area (Å²) in [6, 6.07) is 3.61. The maximum Gasteiger partial charge on any atom is 0.0665 e. The van der Waals surface area contributed by atoms with Crippen molar-refractivity contribution in [3.63, 3.8) is 0 Å². The standard InChI is InChI=1S/C20H25ClN4/c1-6-8-12(3)14(7-2)20(23-5)13(4)19(22)15-9-10-17-16(18(15)21)11-24-25-17/h6-11,13,19H,2,22H2,1,3-5H3,(H,24,25)/b8-6-,14-12+,23-20?. The third kappa shape index (κ3) is 3.75. The molecule has 0 spiro atoms. The number of H-pyrrole nitrogens is 1. The molecule has 2 aromatic rings. The molecule has 0 saturated carbocycles. The fourth-order valence-corrected chi connectivity index (χ4v) is 3.41. The lowest BCUT2D eigenvalue weighted by molar-refractivity contribution is 0.597. The highest BCUT2D eigenvalue weighted by Crippen LogP contribution is 2.34. The Balaban J connectivity index is 2.45. The van der Waals surface area contributed by atoms with E-state index in [1.54, 1.807) is 13.2 Å². The van der Waals surface area contributed by atoms with Gasteiger partial charge in [0.05, 0.1) is 16.7 Å². The molecule has 0 aliphatic heterocycles. The highest BCUT2D eigenvalue weighted by atomic mass is 35.5. The topological polar surface area (TPSA) is 67.1 Å². The molecule has 3 N–H and O–H groups in total. The molecule has 2 atom stereocenters. The summed E-state index contributed by atoms with van der Waals surface area (Å²) in [6.45, 7) is 10.0. The van der Waals surface area contributed by atoms with Crippen LogP contribution in [0.5, 0.6) is 0 Å². The molecule has 0 aliphatic carbocycles. The molecule has 5 heteroatoms. The molecule has 0 amide bonds. The predicted octanol–water partition coefficient (Wildman–Crippen LogP) is 5.00. The number of nitrogens with zero attached hydrogens (tertiary/aromatic N) is 2. The summed E-state index contributed by atoms with van der Waals surface area (Å²) in [7, 11) is 1.78. The Morgan fingerprint density at radius 3 is 2.76 bits per heavy atom. The van der Waals surface area contributed by atoms with Gasteiger partial charge >= 0.3 is 0 Å². The maximum absolute atomic E-state index is 6.57. The summed E-state index contributed by atoms with van der Waals surface area (Å²) < 4.78 is 0. The third-order valence-electron chi connectivity index (χ3n) is 4.48. The van der Waals surface area contributed by atoms with Gasteiger partial charge in [-0.1, -0.05) is 49.4 Å². The van der Waals surface area contributed by atoms with Crippen molar-refractivity contribution in [3.8, 4) is 0 Å². The predicted molar refractivity (Wildman–Crippen MR) is 108 cm³/mol. The van der Waals surface area contributed by atoms with Crippen LogP contribution in [0.2, 0.25) is 5.02 Å². The molecule has 1 aromatic heterocycles. The minimum atomic E-state index is -0.293. The van der Waals surface area contributed by atoms with E-state index < -0.39 is 0 Å². The first-order valence-corrected chi connectivity index (χ1v) is 8.64. The Bertz CT molecular complexity index is 858. The van der Waals surface area contributed by atoms with Crippen LogP contribution in [0.3, 0.4) is 0 Å². The van der Waals surface area contributed by atoms with Crippen LogP contribution in [0, 0.1) is 5.92 Å². The molecule has 2 rings (SSSR count). The van der Waals surface area contributed by atoms with E-state index in [1.807, 2.05) is 44.2 Å². The minimum Gasteiger partial charge on any atom is -0.323 e. The monoisotopic (exact) mass is 356 g/mol. The normalized spacial score (nSPS) is 16.2. The van der Waals surface area contributed by atoms with Crippen molar-refractivity contribution in [3.05, 3.63) is 64.9 Å². The number of hydrogen-bond acceptors (Lipinski definition) is 3. The molecular weight excluding hydrogens is 332 g/mol.